The molecule has 0 aliphatic carbocycles. The highest BCUT2D eigenvalue weighted by atomic mass is 32.2. The largest absolute Gasteiger partial charge is 0.354 e. The molecule has 0 aromatic heterocycles. The quantitative estimate of drug-likeness (QED) is 0.538. The second-order valence-corrected chi connectivity index (χ2v) is 8.94. The van der Waals surface area contributed by atoms with Gasteiger partial charge >= 0.3 is 0 Å². The molecular weight excluding hydrogens is 402 g/mol. The zero-order valence-corrected chi connectivity index (χ0v) is 18.4. The Bertz CT molecular complexity index is 975. The van der Waals surface area contributed by atoms with Crippen molar-refractivity contribution in [3.63, 3.8) is 0 Å². The molecule has 0 bridgehead atoms. The Balaban J connectivity index is 2.01. The van der Waals surface area contributed by atoms with E-state index < -0.39 is 15.9 Å². The first-order valence-corrected chi connectivity index (χ1v) is 11.4. The van der Waals surface area contributed by atoms with Crippen LogP contribution in [0.5, 0.6) is 0 Å². The third-order valence-electron chi connectivity index (χ3n) is 4.73. The number of hydrogen-bond acceptors (Lipinski definition) is 4. The molecule has 2 amide bonds. The van der Waals surface area contributed by atoms with Crippen molar-refractivity contribution in [1.29, 1.82) is 0 Å². The molecule has 0 saturated carbocycles. The van der Waals surface area contributed by atoms with Gasteiger partial charge in [0.15, 0.2) is 0 Å². The van der Waals surface area contributed by atoms with Gasteiger partial charge in [0.25, 0.3) is 5.91 Å². The van der Waals surface area contributed by atoms with Gasteiger partial charge in [-0.05, 0) is 43.5 Å². The highest BCUT2D eigenvalue weighted by molar-refractivity contribution is 7.89. The fourth-order valence-electron chi connectivity index (χ4n) is 2.70. The minimum atomic E-state index is -3.78. The van der Waals surface area contributed by atoms with Crippen LogP contribution in [0, 0.1) is 6.92 Å². The molecule has 1 unspecified atom stereocenters. The van der Waals surface area contributed by atoms with Crippen molar-refractivity contribution in [3.05, 3.63) is 65.2 Å². The molecule has 2 rings (SSSR count). The summed E-state index contributed by atoms with van der Waals surface area (Å²) in [6, 6.07) is 13.7. The lowest BCUT2D eigenvalue weighted by molar-refractivity contribution is -0.121. The zero-order valence-electron chi connectivity index (χ0n) is 17.6. The van der Waals surface area contributed by atoms with Crippen LogP contribution in [-0.2, 0) is 21.4 Å². The van der Waals surface area contributed by atoms with Crippen LogP contribution in [0.3, 0.4) is 0 Å². The Kier molecular flexibility index (Phi) is 8.56. The third-order valence-corrected chi connectivity index (χ3v) is 6.13. The van der Waals surface area contributed by atoms with Crippen LogP contribution < -0.4 is 15.4 Å². The summed E-state index contributed by atoms with van der Waals surface area (Å²) in [6.07, 6.45) is 0.989. The van der Waals surface area contributed by atoms with Gasteiger partial charge in [-0.2, -0.15) is 0 Å². The average Bonchev–Trinajstić information content (AvgIpc) is 2.73. The fraction of sp³-hybridized carbons (Fsp3) is 0.364. The maximum absolute atomic E-state index is 12.6. The van der Waals surface area contributed by atoms with Gasteiger partial charge in [-0.15, -0.1) is 0 Å². The Morgan fingerprint density at radius 1 is 1.07 bits per heavy atom. The summed E-state index contributed by atoms with van der Waals surface area (Å²) in [4.78, 5) is 24.4. The summed E-state index contributed by atoms with van der Waals surface area (Å²) in [7, 11) is -3.78. The molecule has 0 saturated heterocycles. The van der Waals surface area contributed by atoms with Crippen molar-refractivity contribution >= 4 is 21.8 Å². The molecule has 0 radical (unpaired) electrons. The maximum atomic E-state index is 12.6. The lowest BCUT2D eigenvalue weighted by Crippen LogP contribution is -2.35. The number of amides is 2. The summed E-state index contributed by atoms with van der Waals surface area (Å²) in [5, 5.41) is 5.52. The molecule has 3 N–H and O–H groups in total. The number of rotatable bonds is 10. The van der Waals surface area contributed by atoms with Crippen molar-refractivity contribution in [2.24, 2.45) is 0 Å². The van der Waals surface area contributed by atoms with Gasteiger partial charge < -0.3 is 10.6 Å². The van der Waals surface area contributed by atoms with Gasteiger partial charge in [0, 0.05) is 31.1 Å². The van der Waals surface area contributed by atoms with E-state index in [2.05, 4.69) is 15.4 Å². The molecular formula is C22H29N3O4S. The van der Waals surface area contributed by atoms with Crippen LogP contribution in [0.15, 0.2) is 53.4 Å². The van der Waals surface area contributed by atoms with Crippen LogP contribution in [0.2, 0.25) is 0 Å². The summed E-state index contributed by atoms with van der Waals surface area (Å²) < 4.78 is 27.8. The molecule has 7 nitrogen and oxygen atoms in total. The van der Waals surface area contributed by atoms with Gasteiger partial charge in [0.1, 0.15) is 0 Å². The van der Waals surface area contributed by atoms with E-state index in [-0.39, 0.29) is 41.9 Å². The summed E-state index contributed by atoms with van der Waals surface area (Å²) >= 11 is 0. The van der Waals surface area contributed by atoms with Crippen molar-refractivity contribution < 1.29 is 18.0 Å². The molecule has 0 aliphatic rings. The topological polar surface area (TPSA) is 104 Å². The number of sulfonamides is 1. The second-order valence-electron chi connectivity index (χ2n) is 7.17. The van der Waals surface area contributed by atoms with Gasteiger partial charge in [-0.3, -0.25) is 9.59 Å². The van der Waals surface area contributed by atoms with Gasteiger partial charge in [-0.25, -0.2) is 13.1 Å². The summed E-state index contributed by atoms with van der Waals surface area (Å²) in [5.41, 5.74) is 1.75. The van der Waals surface area contributed by atoms with Gasteiger partial charge in [0.05, 0.1) is 4.90 Å². The van der Waals surface area contributed by atoms with Crippen LogP contribution in [0.4, 0.5) is 0 Å². The summed E-state index contributed by atoms with van der Waals surface area (Å²) in [5.74, 6) is -0.549. The SMILES string of the molecule is CCC(C)NC(=O)CCNC(=O)c1cc(S(=O)(=O)NCc2ccccc2)ccc1C. The number of carbonyl (C=O) groups excluding carboxylic acids is 2. The Hall–Kier alpha value is -2.71. The van der Waals surface area contributed by atoms with E-state index in [0.717, 1.165) is 12.0 Å². The molecule has 1 atom stereocenters. The monoisotopic (exact) mass is 431 g/mol. The molecule has 0 aliphatic heterocycles. The van der Waals surface area contributed by atoms with Crippen LogP contribution in [-0.4, -0.2) is 32.8 Å². The van der Waals surface area contributed by atoms with E-state index >= 15 is 0 Å². The van der Waals surface area contributed by atoms with E-state index in [9.17, 15) is 18.0 Å². The van der Waals surface area contributed by atoms with Crippen molar-refractivity contribution in [3.8, 4) is 0 Å². The number of hydrogen-bond donors (Lipinski definition) is 3. The highest BCUT2D eigenvalue weighted by Gasteiger charge is 2.18. The van der Waals surface area contributed by atoms with E-state index in [1.807, 2.05) is 44.2 Å². The smallest absolute Gasteiger partial charge is 0.251 e. The van der Waals surface area contributed by atoms with Crippen molar-refractivity contribution in [2.45, 2.75) is 51.1 Å². The van der Waals surface area contributed by atoms with E-state index in [1.165, 1.54) is 12.1 Å². The van der Waals surface area contributed by atoms with Crippen LogP contribution in [0.1, 0.15) is 48.2 Å². The minimum Gasteiger partial charge on any atom is -0.354 e. The van der Waals surface area contributed by atoms with Gasteiger partial charge in [-0.1, -0.05) is 43.3 Å². The number of aryl methyl sites for hydroxylation is 1. The van der Waals surface area contributed by atoms with E-state index in [0.29, 0.717) is 5.56 Å². The number of benzene rings is 2. The Morgan fingerprint density at radius 2 is 1.77 bits per heavy atom. The first kappa shape index (κ1) is 23.6. The van der Waals surface area contributed by atoms with Crippen LogP contribution in [0.25, 0.3) is 0 Å². The molecule has 0 spiro atoms. The van der Waals surface area contributed by atoms with Crippen molar-refractivity contribution in [1.82, 2.24) is 15.4 Å². The predicted octanol–water partition coefficient (Wildman–Crippen LogP) is 2.51. The highest BCUT2D eigenvalue weighted by Crippen LogP contribution is 2.16. The molecule has 162 valence electrons. The Labute approximate surface area is 178 Å². The minimum absolute atomic E-state index is 0.0173. The van der Waals surface area contributed by atoms with Crippen LogP contribution >= 0.6 is 0 Å². The first-order valence-electron chi connectivity index (χ1n) is 9.94. The molecule has 0 heterocycles. The lowest BCUT2D eigenvalue weighted by Gasteiger charge is -2.13. The van der Waals surface area contributed by atoms with Gasteiger partial charge in [0.2, 0.25) is 15.9 Å². The number of nitrogens with one attached hydrogen (secondary N) is 3. The average molecular weight is 432 g/mol. The molecule has 30 heavy (non-hydrogen) atoms. The number of carbonyl (C=O) groups is 2. The molecule has 2 aromatic rings. The van der Waals surface area contributed by atoms with Crippen molar-refractivity contribution in [2.75, 3.05) is 6.54 Å². The predicted molar refractivity (Wildman–Crippen MR) is 116 cm³/mol. The molecule has 2 aromatic carbocycles. The third kappa shape index (κ3) is 6.96. The fourth-order valence-corrected chi connectivity index (χ4v) is 3.75. The van der Waals surface area contributed by atoms with E-state index in [1.54, 1.807) is 13.0 Å². The maximum Gasteiger partial charge on any atom is 0.251 e. The molecule has 8 heteroatoms. The second kappa shape index (κ2) is 10.9. The zero-order chi connectivity index (χ0) is 22.1. The standard InChI is InChI=1S/C22H29N3O4S/c1-4-17(3)25-21(26)12-13-23-22(27)20-14-19(11-10-16(20)2)30(28,29)24-15-18-8-6-5-7-9-18/h5-11,14,17,24H,4,12-13,15H2,1-3H3,(H,23,27)(H,25,26). The molecule has 0 fully saturated rings. The Morgan fingerprint density at radius 3 is 2.43 bits per heavy atom. The van der Waals surface area contributed by atoms with E-state index in [4.69, 9.17) is 0 Å². The normalized spacial score (nSPS) is 12.2. The first-order chi connectivity index (χ1) is 14.2. The summed E-state index contributed by atoms with van der Waals surface area (Å²) in [6.45, 7) is 5.95. The lowest BCUT2D eigenvalue weighted by atomic mass is 10.1.